The van der Waals surface area contributed by atoms with Gasteiger partial charge in [0.15, 0.2) is 0 Å². The average molecular weight is 404 g/mol. The minimum Gasteiger partial charge on any atom is -0.322 e. The number of rotatable bonds is 5. The van der Waals surface area contributed by atoms with Crippen LogP contribution < -0.4 is 10.6 Å². The van der Waals surface area contributed by atoms with Gasteiger partial charge in [-0.25, -0.2) is 13.6 Å². The number of imide groups is 1. The number of anilines is 1. The van der Waals surface area contributed by atoms with Crippen LogP contribution in [0.15, 0.2) is 42.5 Å². The summed E-state index contributed by atoms with van der Waals surface area (Å²) in [4.78, 5) is 48.1. The Morgan fingerprint density at radius 3 is 2.62 bits per heavy atom. The van der Waals surface area contributed by atoms with E-state index < -0.39 is 46.5 Å². The molecule has 1 aliphatic rings. The van der Waals surface area contributed by atoms with E-state index >= 15 is 0 Å². The predicted octanol–water partition coefficient (Wildman–Crippen LogP) is 2.28. The van der Waals surface area contributed by atoms with Gasteiger partial charge in [-0.05, 0) is 24.6 Å². The molecule has 29 heavy (non-hydrogen) atoms. The molecule has 4 amide bonds. The fraction of sp³-hybridized carbons (Fsp3) is 0.167. The number of nitro benzene ring substituents is 1. The van der Waals surface area contributed by atoms with Gasteiger partial charge in [-0.2, -0.15) is 0 Å². The lowest BCUT2D eigenvalue weighted by molar-refractivity contribution is -0.385. The summed E-state index contributed by atoms with van der Waals surface area (Å²) in [7, 11) is 0. The Balaban J connectivity index is 1.79. The fourth-order valence-electron chi connectivity index (χ4n) is 2.89. The maximum Gasteiger partial charge on any atom is 0.325 e. The maximum absolute atomic E-state index is 13.7. The Morgan fingerprint density at radius 2 is 1.97 bits per heavy atom. The quantitative estimate of drug-likeness (QED) is 0.450. The van der Waals surface area contributed by atoms with Crippen LogP contribution in [-0.2, 0) is 15.1 Å². The molecule has 1 heterocycles. The van der Waals surface area contributed by atoms with E-state index in [9.17, 15) is 33.3 Å². The average Bonchev–Trinajstić information content (AvgIpc) is 2.88. The molecule has 0 radical (unpaired) electrons. The number of halogens is 2. The van der Waals surface area contributed by atoms with Crippen molar-refractivity contribution in [1.82, 2.24) is 10.2 Å². The number of nitrogens with one attached hydrogen (secondary N) is 2. The zero-order valence-electron chi connectivity index (χ0n) is 14.9. The van der Waals surface area contributed by atoms with E-state index in [1.165, 1.54) is 25.1 Å². The standard InChI is InChI=1S/C18H14F2N4O5/c1-18(10-3-2-4-12(7-10)24(28)29)16(26)23(17(27)22-18)9-15(25)21-14-6-5-11(19)8-13(14)20/h2-8H,9H2,1H3,(H,21,25)(H,22,27). The van der Waals surface area contributed by atoms with Crippen molar-refractivity contribution in [3.05, 3.63) is 69.8 Å². The molecule has 0 aliphatic carbocycles. The van der Waals surface area contributed by atoms with Crippen LogP contribution in [0.2, 0.25) is 0 Å². The summed E-state index contributed by atoms with van der Waals surface area (Å²) in [6, 6.07) is 6.80. The van der Waals surface area contributed by atoms with Gasteiger partial charge in [-0.15, -0.1) is 0 Å². The Hall–Kier alpha value is -3.89. The third-order valence-electron chi connectivity index (χ3n) is 4.42. The molecule has 1 atom stereocenters. The lowest BCUT2D eigenvalue weighted by Crippen LogP contribution is -2.42. The zero-order valence-corrected chi connectivity index (χ0v) is 14.9. The van der Waals surface area contributed by atoms with E-state index in [4.69, 9.17) is 0 Å². The van der Waals surface area contributed by atoms with E-state index in [0.717, 1.165) is 18.2 Å². The van der Waals surface area contributed by atoms with E-state index in [0.29, 0.717) is 11.0 Å². The van der Waals surface area contributed by atoms with Crippen LogP contribution in [0.4, 0.5) is 25.0 Å². The molecular formula is C18H14F2N4O5. The van der Waals surface area contributed by atoms with Crippen molar-refractivity contribution in [2.24, 2.45) is 0 Å². The summed E-state index contributed by atoms with van der Waals surface area (Å²) in [6.07, 6.45) is 0. The molecule has 0 bridgehead atoms. The second kappa shape index (κ2) is 7.26. The van der Waals surface area contributed by atoms with Crippen LogP contribution in [0.3, 0.4) is 0 Å². The van der Waals surface area contributed by atoms with Crippen LogP contribution in [0.25, 0.3) is 0 Å². The molecular weight excluding hydrogens is 390 g/mol. The monoisotopic (exact) mass is 404 g/mol. The highest BCUT2D eigenvalue weighted by Gasteiger charge is 2.49. The fourth-order valence-corrected chi connectivity index (χ4v) is 2.89. The molecule has 11 heteroatoms. The van der Waals surface area contributed by atoms with Crippen molar-refractivity contribution in [3.8, 4) is 0 Å². The number of nitro groups is 1. The van der Waals surface area contributed by atoms with Gasteiger partial charge in [0.1, 0.15) is 23.7 Å². The molecule has 1 unspecified atom stereocenters. The van der Waals surface area contributed by atoms with Gasteiger partial charge >= 0.3 is 6.03 Å². The van der Waals surface area contributed by atoms with Gasteiger partial charge in [-0.3, -0.25) is 24.6 Å². The summed E-state index contributed by atoms with van der Waals surface area (Å²) >= 11 is 0. The van der Waals surface area contributed by atoms with E-state index in [1.807, 2.05) is 0 Å². The lowest BCUT2D eigenvalue weighted by atomic mass is 9.91. The maximum atomic E-state index is 13.7. The number of carbonyl (C=O) groups is 3. The number of amides is 4. The van der Waals surface area contributed by atoms with Gasteiger partial charge in [0.05, 0.1) is 10.6 Å². The first-order valence-electron chi connectivity index (χ1n) is 8.26. The number of urea groups is 1. The molecule has 1 aliphatic heterocycles. The number of carbonyl (C=O) groups excluding carboxylic acids is 3. The Bertz CT molecular complexity index is 1040. The minimum absolute atomic E-state index is 0.164. The summed E-state index contributed by atoms with van der Waals surface area (Å²) in [6.45, 7) is 0.621. The second-order valence-corrected chi connectivity index (χ2v) is 6.43. The first-order chi connectivity index (χ1) is 13.6. The number of benzene rings is 2. The third-order valence-corrected chi connectivity index (χ3v) is 4.42. The number of non-ortho nitro benzene ring substituents is 1. The first-order valence-corrected chi connectivity index (χ1v) is 8.26. The van der Waals surface area contributed by atoms with E-state index in [-0.39, 0.29) is 16.9 Å². The first kappa shape index (κ1) is 19.9. The van der Waals surface area contributed by atoms with Crippen LogP contribution in [0.1, 0.15) is 12.5 Å². The van der Waals surface area contributed by atoms with E-state index in [1.54, 1.807) is 0 Å². The SMILES string of the molecule is CC1(c2cccc([N+](=O)[O-])c2)NC(=O)N(CC(=O)Nc2ccc(F)cc2F)C1=O. The molecule has 1 saturated heterocycles. The Labute approximate surface area is 162 Å². The highest BCUT2D eigenvalue weighted by Crippen LogP contribution is 2.30. The molecule has 2 aromatic rings. The van der Waals surface area contributed by atoms with Crippen LogP contribution >= 0.6 is 0 Å². The normalized spacial score (nSPS) is 18.5. The largest absolute Gasteiger partial charge is 0.325 e. The highest BCUT2D eigenvalue weighted by molar-refractivity contribution is 6.10. The summed E-state index contributed by atoms with van der Waals surface area (Å²) in [5.41, 5.74) is -2.04. The molecule has 0 saturated carbocycles. The second-order valence-electron chi connectivity index (χ2n) is 6.43. The van der Waals surface area contributed by atoms with Crippen molar-refractivity contribution >= 4 is 29.2 Å². The smallest absolute Gasteiger partial charge is 0.322 e. The third kappa shape index (κ3) is 3.74. The Morgan fingerprint density at radius 1 is 1.24 bits per heavy atom. The van der Waals surface area contributed by atoms with Crippen molar-refractivity contribution in [2.45, 2.75) is 12.5 Å². The number of hydrogen-bond donors (Lipinski definition) is 2. The molecule has 9 nitrogen and oxygen atoms in total. The number of nitrogens with zero attached hydrogens (tertiary/aromatic N) is 2. The topological polar surface area (TPSA) is 122 Å². The minimum atomic E-state index is -1.62. The molecule has 3 rings (SSSR count). The van der Waals surface area contributed by atoms with Gasteiger partial charge in [-0.1, -0.05) is 12.1 Å². The summed E-state index contributed by atoms with van der Waals surface area (Å²) in [5, 5.41) is 15.5. The van der Waals surface area contributed by atoms with Gasteiger partial charge in [0.25, 0.3) is 11.6 Å². The van der Waals surface area contributed by atoms with E-state index in [2.05, 4.69) is 10.6 Å². The van der Waals surface area contributed by atoms with Crippen molar-refractivity contribution in [1.29, 1.82) is 0 Å². The Kier molecular flexibility index (Phi) is 4.97. The molecule has 0 spiro atoms. The molecule has 2 aromatic carbocycles. The number of hydrogen-bond acceptors (Lipinski definition) is 5. The van der Waals surface area contributed by atoms with Gasteiger partial charge < -0.3 is 10.6 Å². The van der Waals surface area contributed by atoms with Crippen LogP contribution in [0, 0.1) is 21.7 Å². The van der Waals surface area contributed by atoms with Gasteiger partial charge in [0.2, 0.25) is 5.91 Å². The molecule has 2 N–H and O–H groups in total. The van der Waals surface area contributed by atoms with Gasteiger partial charge in [0, 0.05) is 18.2 Å². The molecule has 150 valence electrons. The molecule has 1 fully saturated rings. The van der Waals surface area contributed by atoms with Crippen LogP contribution in [0.5, 0.6) is 0 Å². The lowest BCUT2D eigenvalue weighted by Gasteiger charge is -2.22. The highest BCUT2D eigenvalue weighted by atomic mass is 19.1. The summed E-state index contributed by atoms with van der Waals surface area (Å²) < 4.78 is 26.6. The van der Waals surface area contributed by atoms with Crippen molar-refractivity contribution in [3.63, 3.8) is 0 Å². The van der Waals surface area contributed by atoms with Crippen molar-refractivity contribution in [2.75, 3.05) is 11.9 Å². The van der Waals surface area contributed by atoms with Crippen molar-refractivity contribution < 1.29 is 28.1 Å². The summed E-state index contributed by atoms with van der Waals surface area (Å²) in [5.74, 6) is -3.54. The zero-order chi connectivity index (χ0) is 21.3. The molecule has 0 aromatic heterocycles. The van der Waals surface area contributed by atoms with Crippen LogP contribution in [-0.4, -0.2) is 34.2 Å². The predicted molar refractivity (Wildman–Crippen MR) is 95.7 cm³/mol.